The van der Waals surface area contributed by atoms with Crippen molar-refractivity contribution in [2.24, 2.45) is 5.73 Å². The summed E-state index contributed by atoms with van der Waals surface area (Å²) in [4.78, 5) is 18.2. The Hall–Kier alpha value is -1.92. The minimum atomic E-state index is -0.116. The van der Waals surface area contributed by atoms with Crippen molar-refractivity contribution in [1.29, 1.82) is 0 Å². The van der Waals surface area contributed by atoms with Gasteiger partial charge in [-0.3, -0.25) is 4.79 Å². The van der Waals surface area contributed by atoms with Gasteiger partial charge in [-0.2, -0.15) is 0 Å². The maximum absolute atomic E-state index is 12.4. The van der Waals surface area contributed by atoms with Gasteiger partial charge in [0.25, 0.3) is 5.91 Å². The lowest BCUT2D eigenvalue weighted by Gasteiger charge is -2.18. The van der Waals surface area contributed by atoms with Gasteiger partial charge < -0.3 is 15.4 Å². The number of ether oxygens (including phenoxy) is 1. The van der Waals surface area contributed by atoms with Crippen molar-refractivity contribution < 1.29 is 9.53 Å². The van der Waals surface area contributed by atoms with Gasteiger partial charge in [0.1, 0.15) is 16.5 Å². The molecule has 0 saturated heterocycles. The molecule has 2 aromatic rings. The van der Waals surface area contributed by atoms with Crippen LogP contribution in [0, 0.1) is 6.92 Å². The zero-order chi connectivity index (χ0) is 15.4. The summed E-state index contributed by atoms with van der Waals surface area (Å²) >= 11 is 1.40. The van der Waals surface area contributed by atoms with Gasteiger partial charge in [0.2, 0.25) is 0 Å². The summed E-state index contributed by atoms with van der Waals surface area (Å²) < 4.78 is 5.34. The molecule has 21 heavy (non-hydrogen) atoms. The average Bonchev–Trinajstić information content (AvgIpc) is 2.95. The smallest absolute Gasteiger partial charge is 0.273 e. The van der Waals surface area contributed by atoms with E-state index >= 15 is 0 Å². The summed E-state index contributed by atoms with van der Waals surface area (Å²) in [5, 5.41) is 2.51. The molecule has 0 unspecified atom stereocenters. The van der Waals surface area contributed by atoms with E-state index in [0.29, 0.717) is 18.8 Å². The van der Waals surface area contributed by atoms with Crippen molar-refractivity contribution in [1.82, 2.24) is 9.88 Å². The number of nitrogens with two attached hydrogens (primary N) is 1. The van der Waals surface area contributed by atoms with Crippen LogP contribution >= 0.6 is 11.3 Å². The van der Waals surface area contributed by atoms with E-state index in [1.54, 1.807) is 24.4 Å². The van der Waals surface area contributed by atoms with Crippen molar-refractivity contribution >= 4 is 17.2 Å². The second-order valence-corrected chi connectivity index (χ2v) is 5.75. The molecule has 112 valence electrons. The Kier molecular flexibility index (Phi) is 4.93. The number of hydrogen-bond donors (Lipinski definition) is 1. The van der Waals surface area contributed by atoms with Crippen molar-refractivity contribution in [3.8, 4) is 5.75 Å². The minimum Gasteiger partial charge on any atom is -0.496 e. The maximum Gasteiger partial charge on any atom is 0.273 e. The van der Waals surface area contributed by atoms with Crippen molar-refractivity contribution in [3.63, 3.8) is 0 Å². The second kappa shape index (κ2) is 6.69. The van der Waals surface area contributed by atoms with Crippen LogP contribution in [0.2, 0.25) is 0 Å². The van der Waals surface area contributed by atoms with Crippen LogP contribution in [0.1, 0.15) is 26.6 Å². The molecule has 0 bridgehead atoms. The summed E-state index contributed by atoms with van der Waals surface area (Å²) in [6.45, 7) is 2.84. The molecule has 0 radical (unpaired) electrons. The van der Waals surface area contributed by atoms with Gasteiger partial charge in [-0.1, -0.05) is 17.7 Å². The first-order valence-electron chi connectivity index (χ1n) is 6.58. The number of carbonyl (C=O) groups excluding carboxylic acids is 1. The summed E-state index contributed by atoms with van der Waals surface area (Å²) in [5.41, 5.74) is 8.07. The summed E-state index contributed by atoms with van der Waals surface area (Å²) in [7, 11) is 3.38. The molecule has 0 fully saturated rings. The Morgan fingerprint density at radius 1 is 1.48 bits per heavy atom. The van der Waals surface area contributed by atoms with E-state index in [9.17, 15) is 4.79 Å². The third-order valence-electron chi connectivity index (χ3n) is 3.14. The van der Waals surface area contributed by atoms with E-state index in [-0.39, 0.29) is 5.91 Å². The highest BCUT2D eigenvalue weighted by molar-refractivity contribution is 7.09. The fourth-order valence-corrected chi connectivity index (χ4v) is 2.71. The summed E-state index contributed by atoms with van der Waals surface area (Å²) in [6.07, 6.45) is 0. The highest BCUT2D eigenvalue weighted by Crippen LogP contribution is 2.22. The van der Waals surface area contributed by atoms with Gasteiger partial charge in [0.05, 0.1) is 7.11 Å². The first-order chi connectivity index (χ1) is 10.0. The molecule has 2 N–H and O–H groups in total. The lowest BCUT2D eigenvalue weighted by molar-refractivity contribution is 0.0779. The molecule has 0 aliphatic rings. The highest BCUT2D eigenvalue weighted by Gasteiger charge is 2.17. The SMILES string of the molecule is COc1ccc(C)cc1CN(C)C(=O)c1csc(CN)n1. The first kappa shape index (κ1) is 15.5. The number of methoxy groups -OCH3 is 1. The number of thiazole rings is 1. The van der Waals surface area contributed by atoms with Crippen LogP contribution in [0.4, 0.5) is 0 Å². The van der Waals surface area contributed by atoms with E-state index in [1.165, 1.54) is 11.3 Å². The molecule has 2 rings (SSSR count). The Morgan fingerprint density at radius 2 is 2.24 bits per heavy atom. The number of aryl methyl sites for hydroxylation is 1. The van der Waals surface area contributed by atoms with Gasteiger partial charge in [0.15, 0.2) is 0 Å². The number of carbonyl (C=O) groups is 1. The Labute approximate surface area is 128 Å². The molecule has 6 heteroatoms. The Balaban J connectivity index is 2.15. The van der Waals surface area contributed by atoms with Crippen LogP contribution in [0.25, 0.3) is 0 Å². The van der Waals surface area contributed by atoms with Gasteiger partial charge >= 0.3 is 0 Å². The van der Waals surface area contributed by atoms with Crippen molar-refractivity contribution in [3.05, 3.63) is 45.4 Å². The Morgan fingerprint density at radius 3 is 2.86 bits per heavy atom. The fourth-order valence-electron chi connectivity index (χ4n) is 2.06. The van der Waals surface area contributed by atoms with Gasteiger partial charge in [-0.15, -0.1) is 11.3 Å². The van der Waals surface area contributed by atoms with Gasteiger partial charge in [-0.25, -0.2) is 4.98 Å². The molecule has 0 spiro atoms. The first-order valence-corrected chi connectivity index (χ1v) is 7.46. The maximum atomic E-state index is 12.4. The number of benzene rings is 1. The third-order valence-corrected chi connectivity index (χ3v) is 4.01. The average molecular weight is 305 g/mol. The molecule has 1 amide bonds. The molecule has 0 aliphatic heterocycles. The number of rotatable bonds is 5. The molecule has 0 aliphatic carbocycles. The van der Waals surface area contributed by atoms with Crippen LogP contribution in [0.3, 0.4) is 0 Å². The van der Waals surface area contributed by atoms with E-state index in [1.807, 2.05) is 25.1 Å². The highest BCUT2D eigenvalue weighted by atomic mass is 32.1. The van der Waals surface area contributed by atoms with E-state index < -0.39 is 0 Å². The summed E-state index contributed by atoms with van der Waals surface area (Å²) in [5.74, 6) is 0.663. The lowest BCUT2D eigenvalue weighted by Crippen LogP contribution is -2.26. The molecule has 0 atom stereocenters. The molecule has 1 heterocycles. The topological polar surface area (TPSA) is 68.5 Å². The van der Waals surface area contributed by atoms with Crippen LogP contribution in [-0.4, -0.2) is 29.9 Å². The van der Waals surface area contributed by atoms with Crippen molar-refractivity contribution in [2.75, 3.05) is 14.2 Å². The molecule has 1 aromatic heterocycles. The standard InChI is InChI=1S/C15H19N3O2S/c1-10-4-5-13(20-3)11(6-10)8-18(2)15(19)12-9-21-14(7-16)17-12/h4-6,9H,7-8,16H2,1-3H3. The predicted molar refractivity (Wildman–Crippen MR) is 83.5 cm³/mol. The van der Waals surface area contributed by atoms with Crippen LogP contribution < -0.4 is 10.5 Å². The van der Waals surface area contributed by atoms with E-state index in [0.717, 1.165) is 21.9 Å². The molecular weight excluding hydrogens is 286 g/mol. The minimum absolute atomic E-state index is 0.116. The number of amides is 1. The zero-order valence-electron chi connectivity index (χ0n) is 12.4. The largest absolute Gasteiger partial charge is 0.496 e. The quantitative estimate of drug-likeness (QED) is 0.919. The Bertz CT molecular complexity index is 640. The number of aromatic nitrogens is 1. The zero-order valence-corrected chi connectivity index (χ0v) is 13.2. The molecule has 0 saturated carbocycles. The normalized spacial score (nSPS) is 10.5. The van der Waals surface area contributed by atoms with Crippen LogP contribution in [0.5, 0.6) is 5.75 Å². The molecular formula is C15H19N3O2S. The second-order valence-electron chi connectivity index (χ2n) is 4.81. The predicted octanol–water partition coefficient (Wildman–Crippen LogP) is 2.19. The number of nitrogens with zero attached hydrogens (tertiary/aromatic N) is 2. The third kappa shape index (κ3) is 3.59. The van der Waals surface area contributed by atoms with E-state index in [4.69, 9.17) is 10.5 Å². The van der Waals surface area contributed by atoms with Crippen LogP contribution in [-0.2, 0) is 13.1 Å². The van der Waals surface area contributed by atoms with Gasteiger partial charge in [-0.05, 0) is 13.0 Å². The monoisotopic (exact) mass is 305 g/mol. The van der Waals surface area contributed by atoms with E-state index in [2.05, 4.69) is 4.98 Å². The lowest BCUT2D eigenvalue weighted by atomic mass is 10.1. The summed E-state index contributed by atoms with van der Waals surface area (Å²) in [6, 6.07) is 5.92. The fraction of sp³-hybridized carbons (Fsp3) is 0.333. The molecule has 1 aromatic carbocycles. The number of hydrogen-bond acceptors (Lipinski definition) is 5. The van der Waals surface area contributed by atoms with Gasteiger partial charge in [0, 0.05) is 31.1 Å². The van der Waals surface area contributed by atoms with Crippen molar-refractivity contribution in [2.45, 2.75) is 20.0 Å². The molecule has 5 nitrogen and oxygen atoms in total. The van der Waals surface area contributed by atoms with Crippen LogP contribution in [0.15, 0.2) is 23.6 Å².